The second kappa shape index (κ2) is 5.75. The summed E-state index contributed by atoms with van der Waals surface area (Å²) in [5.74, 6) is -0.324. The van der Waals surface area contributed by atoms with Gasteiger partial charge in [0.05, 0.1) is 22.3 Å². The van der Waals surface area contributed by atoms with Crippen LogP contribution in [0.1, 0.15) is 73.6 Å². The number of nitrogens with zero attached hydrogens (tertiary/aromatic N) is 1. The van der Waals surface area contributed by atoms with Crippen molar-refractivity contribution in [2.75, 3.05) is 6.54 Å². The van der Waals surface area contributed by atoms with Gasteiger partial charge in [-0.25, -0.2) is 0 Å². The smallest absolute Gasteiger partial charge is 0.261 e. The zero-order valence-electron chi connectivity index (χ0n) is 14.2. The van der Waals surface area contributed by atoms with Crippen molar-refractivity contribution in [1.29, 1.82) is 0 Å². The second-order valence-corrected chi connectivity index (χ2v) is 6.56. The molecule has 4 heteroatoms. The Bertz CT molecular complexity index is 600. The Balaban J connectivity index is 1.63. The molecule has 3 rings (SSSR count). The first kappa shape index (κ1) is 16.2. The average molecular weight is 315 g/mol. The number of carbonyl (C=O) groups is 2. The lowest BCUT2D eigenvalue weighted by atomic mass is 9.83. The summed E-state index contributed by atoms with van der Waals surface area (Å²) in [5.41, 5.74) is 1.00. The van der Waals surface area contributed by atoms with Crippen molar-refractivity contribution in [2.45, 2.75) is 64.1 Å². The maximum Gasteiger partial charge on any atom is 0.261 e. The van der Waals surface area contributed by atoms with Gasteiger partial charge >= 0.3 is 0 Å². The molecular formula is C19H25NO3. The summed E-state index contributed by atoms with van der Waals surface area (Å²) in [6.07, 6.45) is 4.71. The molecule has 124 valence electrons. The number of hydrogen-bond acceptors (Lipinski definition) is 3. The van der Waals surface area contributed by atoms with E-state index in [-0.39, 0.29) is 23.0 Å². The Morgan fingerprint density at radius 2 is 1.43 bits per heavy atom. The van der Waals surface area contributed by atoms with Crippen molar-refractivity contribution in [3.63, 3.8) is 0 Å². The zero-order chi connectivity index (χ0) is 16.7. The van der Waals surface area contributed by atoms with Crippen LogP contribution in [-0.4, -0.2) is 34.5 Å². The highest BCUT2D eigenvalue weighted by Gasteiger charge is 2.65. The van der Waals surface area contributed by atoms with Gasteiger partial charge in [0.2, 0.25) is 0 Å². The van der Waals surface area contributed by atoms with E-state index in [1.54, 1.807) is 24.3 Å². The Labute approximate surface area is 137 Å². The van der Waals surface area contributed by atoms with E-state index in [0.29, 0.717) is 17.7 Å². The van der Waals surface area contributed by atoms with Crippen molar-refractivity contribution in [3.05, 3.63) is 35.4 Å². The Kier molecular flexibility index (Phi) is 4.05. The number of fused-ring (bicyclic) bond motifs is 1. The summed E-state index contributed by atoms with van der Waals surface area (Å²) in [5, 5.41) is 0. The van der Waals surface area contributed by atoms with Gasteiger partial charge in [0.25, 0.3) is 11.8 Å². The summed E-state index contributed by atoms with van der Waals surface area (Å²) in [6.45, 7) is 6.98. The van der Waals surface area contributed by atoms with Crippen LogP contribution in [0.15, 0.2) is 24.3 Å². The third-order valence-electron chi connectivity index (χ3n) is 5.73. The maximum atomic E-state index is 12.4. The van der Waals surface area contributed by atoms with Crippen molar-refractivity contribution >= 4 is 11.8 Å². The third kappa shape index (κ3) is 2.31. The van der Waals surface area contributed by atoms with Gasteiger partial charge in [-0.3, -0.25) is 14.5 Å². The molecular weight excluding hydrogens is 290 g/mol. The largest absolute Gasteiger partial charge is 0.363 e. The quantitative estimate of drug-likeness (QED) is 0.568. The van der Waals surface area contributed by atoms with Gasteiger partial charge in [-0.2, -0.15) is 0 Å². The van der Waals surface area contributed by atoms with Crippen LogP contribution in [0.25, 0.3) is 0 Å². The number of carbonyl (C=O) groups excluding carboxylic acids is 2. The van der Waals surface area contributed by atoms with Crippen LogP contribution in [0.2, 0.25) is 0 Å². The van der Waals surface area contributed by atoms with E-state index in [9.17, 15) is 9.59 Å². The minimum absolute atomic E-state index is 0.00371. The zero-order valence-corrected chi connectivity index (χ0v) is 14.2. The van der Waals surface area contributed by atoms with Crippen molar-refractivity contribution in [3.8, 4) is 0 Å². The van der Waals surface area contributed by atoms with E-state index < -0.39 is 0 Å². The molecule has 0 spiro atoms. The fourth-order valence-corrected chi connectivity index (χ4v) is 4.20. The monoisotopic (exact) mass is 315 g/mol. The highest BCUT2D eigenvalue weighted by atomic mass is 16.6. The minimum atomic E-state index is -0.162. The van der Waals surface area contributed by atoms with Crippen LogP contribution in [-0.2, 0) is 4.74 Å². The standard InChI is InChI=1S/C19H25NO3/c1-4-18(5-2)19(6-3,23-18)12-9-13-20-16(21)14-10-7-8-11-15(14)17(20)22/h7-8,10-11H,4-6,9,12-13H2,1-3H3. The van der Waals surface area contributed by atoms with Gasteiger partial charge in [-0.15, -0.1) is 0 Å². The lowest BCUT2D eigenvalue weighted by Crippen LogP contribution is -2.32. The third-order valence-corrected chi connectivity index (χ3v) is 5.73. The van der Waals surface area contributed by atoms with Crippen molar-refractivity contribution < 1.29 is 14.3 Å². The lowest BCUT2D eigenvalue weighted by Gasteiger charge is -2.19. The van der Waals surface area contributed by atoms with Gasteiger partial charge in [0.15, 0.2) is 0 Å². The molecule has 0 radical (unpaired) electrons. The number of amides is 2. The number of imide groups is 1. The van der Waals surface area contributed by atoms with E-state index in [2.05, 4.69) is 20.8 Å². The topological polar surface area (TPSA) is 49.9 Å². The molecule has 1 fully saturated rings. The predicted octanol–water partition coefficient (Wildman–Crippen LogP) is 3.80. The molecule has 0 aromatic heterocycles. The number of hydrogen-bond donors (Lipinski definition) is 0. The Morgan fingerprint density at radius 1 is 0.913 bits per heavy atom. The van der Waals surface area contributed by atoms with Gasteiger partial charge in [-0.05, 0) is 44.2 Å². The molecule has 2 heterocycles. The highest BCUT2D eigenvalue weighted by molar-refractivity contribution is 6.21. The normalized spacial score (nSPS) is 24.9. The number of benzene rings is 1. The first-order valence-corrected chi connectivity index (χ1v) is 8.69. The molecule has 4 nitrogen and oxygen atoms in total. The molecule has 0 saturated carbocycles. The lowest BCUT2D eigenvalue weighted by molar-refractivity contribution is 0.0647. The summed E-state index contributed by atoms with van der Waals surface area (Å²) < 4.78 is 6.13. The molecule has 1 unspecified atom stereocenters. The van der Waals surface area contributed by atoms with Crippen LogP contribution in [0, 0.1) is 0 Å². The molecule has 23 heavy (non-hydrogen) atoms. The number of rotatable bonds is 7. The van der Waals surface area contributed by atoms with Crippen LogP contribution < -0.4 is 0 Å². The van der Waals surface area contributed by atoms with Crippen LogP contribution in [0.5, 0.6) is 0 Å². The summed E-state index contributed by atoms with van der Waals surface area (Å²) in [7, 11) is 0. The molecule has 0 bridgehead atoms. The first-order valence-electron chi connectivity index (χ1n) is 8.69. The average Bonchev–Trinajstić information content (AvgIpc) is 3.19. The maximum absolute atomic E-state index is 12.4. The van der Waals surface area contributed by atoms with E-state index in [4.69, 9.17) is 4.74 Å². The molecule has 1 saturated heterocycles. The van der Waals surface area contributed by atoms with Crippen LogP contribution in [0.4, 0.5) is 0 Å². The summed E-state index contributed by atoms with van der Waals surface area (Å²) in [6, 6.07) is 7.06. The predicted molar refractivity (Wildman–Crippen MR) is 88.5 cm³/mol. The number of ether oxygens (including phenoxy) is 1. The summed E-state index contributed by atoms with van der Waals surface area (Å²) >= 11 is 0. The molecule has 2 aliphatic heterocycles. The highest BCUT2D eigenvalue weighted by Crippen LogP contribution is 2.57. The number of epoxide rings is 1. The van der Waals surface area contributed by atoms with E-state index in [1.807, 2.05) is 0 Å². The van der Waals surface area contributed by atoms with Gasteiger partial charge in [0, 0.05) is 6.54 Å². The molecule has 1 aromatic rings. The molecule has 1 aromatic carbocycles. The Hall–Kier alpha value is -1.68. The van der Waals surface area contributed by atoms with Crippen LogP contribution in [0.3, 0.4) is 0 Å². The molecule has 0 N–H and O–H groups in total. The van der Waals surface area contributed by atoms with Gasteiger partial charge in [-0.1, -0.05) is 32.9 Å². The molecule has 0 aliphatic carbocycles. The fraction of sp³-hybridized carbons (Fsp3) is 0.579. The van der Waals surface area contributed by atoms with Crippen LogP contribution >= 0.6 is 0 Å². The molecule has 2 amide bonds. The van der Waals surface area contributed by atoms with Gasteiger partial charge in [0.1, 0.15) is 0 Å². The van der Waals surface area contributed by atoms with E-state index in [0.717, 1.165) is 32.1 Å². The van der Waals surface area contributed by atoms with E-state index in [1.165, 1.54) is 4.90 Å². The molecule has 1 atom stereocenters. The second-order valence-electron chi connectivity index (χ2n) is 6.56. The first-order chi connectivity index (χ1) is 11.0. The molecule has 2 aliphatic rings. The van der Waals surface area contributed by atoms with Crippen molar-refractivity contribution in [1.82, 2.24) is 4.90 Å². The minimum Gasteiger partial charge on any atom is -0.363 e. The SMILES string of the molecule is CCC1(CC)OC1(CC)CCCN1C(=O)c2ccccc2C1=O. The fourth-order valence-electron chi connectivity index (χ4n) is 4.20. The van der Waals surface area contributed by atoms with Gasteiger partial charge < -0.3 is 4.74 Å². The van der Waals surface area contributed by atoms with E-state index >= 15 is 0 Å². The van der Waals surface area contributed by atoms with Crippen molar-refractivity contribution in [2.24, 2.45) is 0 Å². The summed E-state index contributed by atoms with van der Waals surface area (Å²) in [4.78, 5) is 26.1. The Morgan fingerprint density at radius 3 is 1.87 bits per heavy atom.